The summed E-state index contributed by atoms with van der Waals surface area (Å²) in [4.78, 5) is 11.4. The third kappa shape index (κ3) is 5.23. The Morgan fingerprint density at radius 1 is 1.62 bits per heavy atom. The standard InChI is InChI=1S/C11H18O2/c1-5-7-10(8-9(3)4)11(12)13-6-2/h5,10H,1,3,6-8H2,2,4H3. The Balaban J connectivity index is 4.13. The normalized spacial score (nSPS) is 11.8. The van der Waals surface area contributed by atoms with Crippen LogP contribution in [0, 0.1) is 5.92 Å². The summed E-state index contributed by atoms with van der Waals surface area (Å²) in [6.45, 7) is 11.5. The van der Waals surface area contributed by atoms with Gasteiger partial charge in [-0.2, -0.15) is 0 Å². The molecule has 74 valence electrons. The lowest BCUT2D eigenvalue weighted by atomic mass is 9.98. The molecule has 0 aromatic rings. The second-order valence-corrected chi connectivity index (χ2v) is 3.13. The van der Waals surface area contributed by atoms with Crippen molar-refractivity contribution in [1.29, 1.82) is 0 Å². The first kappa shape index (κ1) is 11.9. The zero-order valence-electron chi connectivity index (χ0n) is 8.51. The maximum atomic E-state index is 11.4. The SMILES string of the molecule is C=CCC(CC(=C)C)C(=O)OCC. The van der Waals surface area contributed by atoms with E-state index in [-0.39, 0.29) is 11.9 Å². The minimum atomic E-state index is -0.148. The number of carbonyl (C=O) groups is 1. The maximum absolute atomic E-state index is 11.4. The van der Waals surface area contributed by atoms with Crippen molar-refractivity contribution in [3.8, 4) is 0 Å². The molecule has 2 heteroatoms. The molecule has 2 nitrogen and oxygen atoms in total. The van der Waals surface area contributed by atoms with Crippen LogP contribution in [0.1, 0.15) is 26.7 Å². The van der Waals surface area contributed by atoms with E-state index in [1.807, 2.05) is 13.8 Å². The van der Waals surface area contributed by atoms with Crippen LogP contribution in [0.15, 0.2) is 24.8 Å². The highest BCUT2D eigenvalue weighted by atomic mass is 16.5. The Bertz CT molecular complexity index is 194. The number of rotatable bonds is 6. The molecule has 13 heavy (non-hydrogen) atoms. The molecule has 0 heterocycles. The van der Waals surface area contributed by atoms with Crippen LogP contribution < -0.4 is 0 Å². The van der Waals surface area contributed by atoms with Gasteiger partial charge in [0.05, 0.1) is 12.5 Å². The van der Waals surface area contributed by atoms with Crippen LogP contribution in [0.4, 0.5) is 0 Å². The average molecular weight is 182 g/mol. The molecule has 0 spiro atoms. The van der Waals surface area contributed by atoms with E-state index in [9.17, 15) is 4.79 Å². The first-order chi connectivity index (χ1) is 6.11. The number of esters is 1. The topological polar surface area (TPSA) is 26.3 Å². The van der Waals surface area contributed by atoms with Crippen molar-refractivity contribution in [2.45, 2.75) is 26.7 Å². The molecule has 0 aliphatic rings. The maximum Gasteiger partial charge on any atom is 0.309 e. The van der Waals surface area contributed by atoms with Gasteiger partial charge < -0.3 is 4.74 Å². The lowest BCUT2D eigenvalue weighted by Gasteiger charge is -2.13. The zero-order chi connectivity index (χ0) is 10.3. The van der Waals surface area contributed by atoms with Gasteiger partial charge in [-0.1, -0.05) is 11.6 Å². The van der Waals surface area contributed by atoms with E-state index in [0.29, 0.717) is 19.4 Å². The first-order valence-electron chi connectivity index (χ1n) is 4.53. The fourth-order valence-electron chi connectivity index (χ4n) is 1.14. The molecule has 0 aromatic heterocycles. The van der Waals surface area contributed by atoms with Gasteiger partial charge in [-0.25, -0.2) is 0 Å². The van der Waals surface area contributed by atoms with Crippen LogP contribution in [0.3, 0.4) is 0 Å². The predicted octanol–water partition coefficient (Wildman–Crippen LogP) is 2.71. The number of hydrogen-bond donors (Lipinski definition) is 0. The predicted molar refractivity (Wildman–Crippen MR) is 54.4 cm³/mol. The third-order valence-electron chi connectivity index (χ3n) is 1.67. The lowest BCUT2D eigenvalue weighted by Crippen LogP contribution is -2.17. The van der Waals surface area contributed by atoms with E-state index in [2.05, 4.69) is 13.2 Å². The smallest absolute Gasteiger partial charge is 0.309 e. The molecule has 0 fully saturated rings. The summed E-state index contributed by atoms with van der Waals surface area (Å²) in [5.74, 6) is -0.250. The van der Waals surface area contributed by atoms with Crippen LogP contribution in [0.2, 0.25) is 0 Å². The van der Waals surface area contributed by atoms with Crippen molar-refractivity contribution in [3.05, 3.63) is 24.8 Å². The van der Waals surface area contributed by atoms with Gasteiger partial charge in [0, 0.05) is 0 Å². The molecular formula is C11H18O2. The van der Waals surface area contributed by atoms with Crippen molar-refractivity contribution < 1.29 is 9.53 Å². The third-order valence-corrected chi connectivity index (χ3v) is 1.67. The van der Waals surface area contributed by atoms with E-state index in [4.69, 9.17) is 4.74 Å². The Labute approximate surface area is 80.3 Å². The van der Waals surface area contributed by atoms with Crippen molar-refractivity contribution in [1.82, 2.24) is 0 Å². The van der Waals surface area contributed by atoms with Crippen molar-refractivity contribution in [2.75, 3.05) is 6.61 Å². The fourth-order valence-corrected chi connectivity index (χ4v) is 1.14. The highest BCUT2D eigenvalue weighted by molar-refractivity contribution is 5.72. The average Bonchev–Trinajstić information content (AvgIpc) is 2.03. The minimum Gasteiger partial charge on any atom is -0.466 e. The number of carbonyl (C=O) groups excluding carboxylic acids is 1. The Morgan fingerprint density at radius 2 is 2.23 bits per heavy atom. The zero-order valence-corrected chi connectivity index (χ0v) is 8.51. The summed E-state index contributed by atoms with van der Waals surface area (Å²) >= 11 is 0. The van der Waals surface area contributed by atoms with Gasteiger partial charge in [-0.15, -0.1) is 13.2 Å². The van der Waals surface area contributed by atoms with E-state index in [1.54, 1.807) is 6.08 Å². The Hall–Kier alpha value is -1.05. The highest BCUT2D eigenvalue weighted by Crippen LogP contribution is 2.16. The molecule has 1 atom stereocenters. The molecular weight excluding hydrogens is 164 g/mol. The number of ether oxygens (including phenoxy) is 1. The van der Waals surface area contributed by atoms with Crippen LogP contribution in [0.5, 0.6) is 0 Å². The van der Waals surface area contributed by atoms with Gasteiger partial charge in [0.15, 0.2) is 0 Å². The molecule has 1 unspecified atom stereocenters. The van der Waals surface area contributed by atoms with Crippen LogP contribution >= 0.6 is 0 Å². The second kappa shape index (κ2) is 6.46. The van der Waals surface area contributed by atoms with Crippen LogP contribution in [-0.2, 0) is 9.53 Å². The van der Waals surface area contributed by atoms with Gasteiger partial charge >= 0.3 is 5.97 Å². The summed E-state index contributed by atoms with van der Waals surface area (Å²) in [6.07, 6.45) is 3.08. The van der Waals surface area contributed by atoms with E-state index in [1.165, 1.54) is 0 Å². The quantitative estimate of drug-likeness (QED) is 0.466. The summed E-state index contributed by atoms with van der Waals surface area (Å²) in [5, 5.41) is 0. The van der Waals surface area contributed by atoms with E-state index in [0.717, 1.165) is 5.57 Å². The fraction of sp³-hybridized carbons (Fsp3) is 0.545. The molecule has 0 N–H and O–H groups in total. The molecule has 0 saturated carbocycles. The van der Waals surface area contributed by atoms with Gasteiger partial charge in [0.25, 0.3) is 0 Å². The van der Waals surface area contributed by atoms with Gasteiger partial charge in [-0.3, -0.25) is 4.79 Å². The molecule has 0 radical (unpaired) electrons. The highest BCUT2D eigenvalue weighted by Gasteiger charge is 2.17. The van der Waals surface area contributed by atoms with Crippen LogP contribution in [0.25, 0.3) is 0 Å². The summed E-state index contributed by atoms with van der Waals surface area (Å²) in [5.41, 5.74) is 1.000. The monoisotopic (exact) mass is 182 g/mol. The first-order valence-corrected chi connectivity index (χ1v) is 4.53. The Kier molecular flexibility index (Phi) is 5.94. The molecule has 0 amide bonds. The van der Waals surface area contributed by atoms with Crippen LogP contribution in [-0.4, -0.2) is 12.6 Å². The van der Waals surface area contributed by atoms with Gasteiger partial charge in [0.1, 0.15) is 0 Å². The summed E-state index contributed by atoms with van der Waals surface area (Å²) in [7, 11) is 0. The van der Waals surface area contributed by atoms with Crippen molar-refractivity contribution in [2.24, 2.45) is 5.92 Å². The molecule has 0 aliphatic carbocycles. The number of allylic oxidation sites excluding steroid dienone is 2. The summed E-state index contributed by atoms with van der Waals surface area (Å²) < 4.78 is 4.93. The largest absolute Gasteiger partial charge is 0.466 e. The Morgan fingerprint density at radius 3 is 2.62 bits per heavy atom. The van der Waals surface area contributed by atoms with E-state index < -0.39 is 0 Å². The molecule has 0 aliphatic heterocycles. The van der Waals surface area contributed by atoms with Gasteiger partial charge in [0.2, 0.25) is 0 Å². The molecule has 0 aromatic carbocycles. The van der Waals surface area contributed by atoms with E-state index >= 15 is 0 Å². The molecule has 0 saturated heterocycles. The second-order valence-electron chi connectivity index (χ2n) is 3.13. The van der Waals surface area contributed by atoms with Gasteiger partial charge in [-0.05, 0) is 26.7 Å². The summed E-state index contributed by atoms with van der Waals surface area (Å²) in [6, 6.07) is 0. The lowest BCUT2D eigenvalue weighted by molar-refractivity contribution is -0.147. The molecule has 0 rings (SSSR count). The van der Waals surface area contributed by atoms with Crippen molar-refractivity contribution in [3.63, 3.8) is 0 Å². The molecule has 0 bridgehead atoms. The van der Waals surface area contributed by atoms with Crippen molar-refractivity contribution >= 4 is 5.97 Å². The minimum absolute atomic E-state index is 0.102. The number of hydrogen-bond acceptors (Lipinski definition) is 2.